The van der Waals surface area contributed by atoms with Gasteiger partial charge in [0.15, 0.2) is 6.61 Å². The topological polar surface area (TPSA) is 73.6 Å². The van der Waals surface area contributed by atoms with Crippen LogP contribution in [0, 0.1) is 0 Å². The van der Waals surface area contributed by atoms with Crippen molar-refractivity contribution < 1.29 is 14.3 Å². The van der Waals surface area contributed by atoms with Crippen LogP contribution in [0.5, 0.6) is 5.75 Å². The highest BCUT2D eigenvalue weighted by Crippen LogP contribution is 2.34. The maximum Gasteiger partial charge on any atom is 0.255 e. The van der Waals surface area contributed by atoms with Gasteiger partial charge in [0.25, 0.3) is 5.91 Å². The molecule has 20 heavy (non-hydrogen) atoms. The molecule has 1 fully saturated rings. The van der Waals surface area contributed by atoms with Crippen LogP contribution in [0.15, 0.2) is 24.3 Å². The van der Waals surface area contributed by atoms with E-state index in [1.54, 1.807) is 7.11 Å². The van der Waals surface area contributed by atoms with E-state index >= 15 is 0 Å². The highest BCUT2D eigenvalue weighted by Gasteiger charge is 2.36. The van der Waals surface area contributed by atoms with Gasteiger partial charge in [-0.2, -0.15) is 0 Å². The molecule has 1 aromatic carbocycles. The van der Waals surface area contributed by atoms with Gasteiger partial charge in [-0.05, 0) is 37.0 Å². The molecule has 1 saturated carbocycles. The minimum absolute atomic E-state index is 0.0462. The maximum absolute atomic E-state index is 10.6. The number of amides is 1. The first-order chi connectivity index (χ1) is 9.63. The van der Waals surface area contributed by atoms with Crippen molar-refractivity contribution >= 4 is 5.91 Å². The van der Waals surface area contributed by atoms with Crippen molar-refractivity contribution in [2.24, 2.45) is 5.73 Å². The monoisotopic (exact) mass is 278 g/mol. The van der Waals surface area contributed by atoms with Crippen LogP contribution in [0.3, 0.4) is 0 Å². The van der Waals surface area contributed by atoms with Crippen LogP contribution in [-0.2, 0) is 16.1 Å². The van der Waals surface area contributed by atoms with Crippen LogP contribution in [-0.4, -0.2) is 31.8 Å². The van der Waals surface area contributed by atoms with Crippen LogP contribution in [0.25, 0.3) is 0 Å². The molecule has 0 heterocycles. The standard InChI is InChI=1S/C15H22N2O3/c1-19-15(7-2-8-15)11-17-9-12-3-5-13(6-4-12)20-10-14(16)18/h3-6,17H,2,7-11H2,1H3,(H2,16,18). The van der Waals surface area contributed by atoms with E-state index in [2.05, 4.69) is 5.32 Å². The van der Waals surface area contributed by atoms with Crippen molar-refractivity contribution in [3.63, 3.8) is 0 Å². The van der Waals surface area contributed by atoms with E-state index in [0.717, 1.165) is 25.9 Å². The van der Waals surface area contributed by atoms with Gasteiger partial charge in [-0.1, -0.05) is 12.1 Å². The van der Waals surface area contributed by atoms with Crippen molar-refractivity contribution in [2.75, 3.05) is 20.3 Å². The first-order valence-corrected chi connectivity index (χ1v) is 6.89. The Morgan fingerprint density at radius 3 is 2.55 bits per heavy atom. The van der Waals surface area contributed by atoms with Crippen molar-refractivity contribution in [1.82, 2.24) is 5.32 Å². The number of benzene rings is 1. The number of nitrogens with one attached hydrogen (secondary N) is 1. The molecule has 1 aromatic rings. The molecule has 2 rings (SSSR count). The first kappa shape index (κ1) is 14.8. The first-order valence-electron chi connectivity index (χ1n) is 6.89. The second-order valence-electron chi connectivity index (χ2n) is 5.24. The molecule has 0 saturated heterocycles. The number of primary amides is 1. The average Bonchev–Trinajstić information content (AvgIpc) is 2.41. The van der Waals surface area contributed by atoms with Gasteiger partial charge in [0, 0.05) is 20.2 Å². The lowest BCUT2D eigenvalue weighted by Gasteiger charge is -2.40. The lowest BCUT2D eigenvalue weighted by Crippen LogP contribution is -2.47. The predicted octanol–water partition coefficient (Wildman–Crippen LogP) is 1.21. The summed E-state index contributed by atoms with van der Waals surface area (Å²) < 4.78 is 10.8. The average molecular weight is 278 g/mol. The number of hydrogen-bond donors (Lipinski definition) is 2. The Balaban J connectivity index is 1.74. The second kappa shape index (κ2) is 6.72. The molecule has 0 unspecified atom stereocenters. The Bertz CT molecular complexity index is 435. The molecule has 1 aliphatic rings. The van der Waals surface area contributed by atoms with Gasteiger partial charge < -0.3 is 20.5 Å². The molecule has 0 atom stereocenters. The minimum Gasteiger partial charge on any atom is -0.484 e. The molecule has 5 nitrogen and oxygen atoms in total. The molecule has 0 radical (unpaired) electrons. The van der Waals surface area contributed by atoms with E-state index < -0.39 is 5.91 Å². The van der Waals surface area contributed by atoms with E-state index in [1.165, 1.54) is 12.0 Å². The van der Waals surface area contributed by atoms with Gasteiger partial charge in [0.2, 0.25) is 0 Å². The van der Waals surface area contributed by atoms with E-state index in [9.17, 15) is 4.79 Å². The number of carbonyl (C=O) groups excluding carboxylic acids is 1. The number of rotatable bonds is 8. The summed E-state index contributed by atoms with van der Waals surface area (Å²) >= 11 is 0. The van der Waals surface area contributed by atoms with Crippen molar-refractivity contribution in [3.8, 4) is 5.75 Å². The lowest BCUT2D eigenvalue weighted by molar-refractivity contribution is -0.119. The zero-order valence-electron chi connectivity index (χ0n) is 11.9. The largest absolute Gasteiger partial charge is 0.484 e. The molecule has 0 aliphatic heterocycles. The van der Waals surface area contributed by atoms with Crippen molar-refractivity contribution in [3.05, 3.63) is 29.8 Å². The van der Waals surface area contributed by atoms with Gasteiger partial charge >= 0.3 is 0 Å². The molecular formula is C15H22N2O3. The molecule has 110 valence electrons. The summed E-state index contributed by atoms with van der Waals surface area (Å²) in [5, 5.41) is 3.43. The maximum atomic E-state index is 10.6. The van der Waals surface area contributed by atoms with Crippen LogP contribution in [0.4, 0.5) is 0 Å². The van der Waals surface area contributed by atoms with E-state index in [0.29, 0.717) is 5.75 Å². The minimum atomic E-state index is -0.471. The van der Waals surface area contributed by atoms with Gasteiger partial charge in [-0.25, -0.2) is 0 Å². The summed E-state index contributed by atoms with van der Waals surface area (Å²) in [6.07, 6.45) is 3.52. The lowest BCUT2D eigenvalue weighted by atomic mass is 9.80. The molecule has 0 spiro atoms. The van der Waals surface area contributed by atoms with E-state index in [1.807, 2.05) is 24.3 Å². The molecule has 1 amide bonds. The van der Waals surface area contributed by atoms with Gasteiger partial charge in [0.05, 0.1) is 5.60 Å². The Hall–Kier alpha value is -1.59. The Morgan fingerprint density at radius 2 is 2.05 bits per heavy atom. The van der Waals surface area contributed by atoms with Gasteiger partial charge in [-0.15, -0.1) is 0 Å². The highest BCUT2D eigenvalue weighted by molar-refractivity contribution is 5.75. The summed E-state index contributed by atoms with van der Waals surface area (Å²) in [6, 6.07) is 7.64. The number of nitrogens with two attached hydrogens (primary N) is 1. The van der Waals surface area contributed by atoms with Crippen LogP contribution in [0.1, 0.15) is 24.8 Å². The zero-order chi connectivity index (χ0) is 14.4. The molecule has 1 aliphatic carbocycles. The summed E-state index contributed by atoms with van der Waals surface area (Å²) in [5.41, 5.74) is 6.24. The SMILES string of the molecule is COC1(CNCc2ccc(OCC(N)=O)cc2)CCC1. The third-order valence-corrected chi connectivity index (χ3v) is 3.78. The Kier molecular flexibility index (Phi) is 4.98. The van der Waals surface area contributed by atoms with E-state index in [4.69, 9.17) is 15.2 Å². The molecule has 3 N–H and O–H groups in total. The summed E-state index contributed by atoms with van der Waals surface area (Å²) in [7, 11) is 1.78. The van der Waals surface area contributed by atoms with Gasteiger partial charge in [0.1, 0.15) is 5.75 Å². The third kappa shape index (κ3) is 3.95. The fourth-order valence-corrected chi connectivity index (χ4v) is 2.32. The smallest absolute Gasteiger partial charge is 0.255 e. The fourth-order valence-electron chi connectivity index (χ4n) is 2.32. The molecular weight excluding hydrogens is 256 g/mol. The van der Waals surface area contributed by atoms with Crippen LogP contribution in [0.2, 0.25) is 0 Å². The molecule has 0 aromatic heterocycles. The third-order valence-electron chi connectivity index (χ3n) is 3.78. The Labute approximate surface area is 119 Å². The van der Waals surface area contributed by atoms with Crippen LogP contribution < -0.4 is 15.8 Å². The number of hydrogen-bond acceptors (Lipinski definition) is 4. The summed E-state index contributed by atoms with van der Waals surface area (Å²) in [6.45, 7) is 1.58. The number of carbonyl (C=O) groups is 1. The highest BCUT2D eigenvalue weighted by atomic mass is 16.5. The van der Waals surface area contributed by atoms with Crippen molar-refractivity contribution in [2.45, 2.75) is 31.4 Å². The molecule has 5 heteroatoms. The number of methoxy groups -OCH3 is 1. The van der Waals surface area contributed by atoms with Crippen molar-refractivity contribution in [1.29, 1.82) is 0 Å². The van der Waals surface area contributed by atoms with Gasteiger partial charge in [-0.3, -0.25) is 4.79 Å². The zero-order valence-corrected chi connectivity index (χ0v) is 11.9. The normalized spacial score (nSPS) is 16.4. The second-order valence-corrected chi connectivity index (χ2v) is 5.24. The summed E-state index contributed by atoms with van der Waals surface area (Å²) in [4.78, 5) is 10.6. The van der Waals surface area contributed by atoms with Crippen LogP contribution >= 0.6 is 0 Å². The van der Waals surface area contributed by atoms with E-state index in [-0.39, 0.29) is 12.2 Å². The fraction of sp³-hybridized carbons (Fsp3) is 0.533. The molecule has 0 bridgehead atoms. The number of ether oxygens (including phenoxy) is 2. The quantitative estimate of drug-likeness (QED) is 0.749. The Morgan fingerprint density at radius 1 is 1.35 bits per heavy atom. The predicted molar refractivity (Wildman–Crippen MR) is 76.4 cm³/mol. The summed E-state index contributed by atoms with van der Waals surface area (Å²) in [5.74, 6) is 0.181.